The maximum Gasteiger partial charge on any atom is 0.137 e. The SMILES string of the molecule is CC(C)(C)ONCc1cccc(F)c1Br. The summed E-state index contributed by atoms with van der Waals surface area (Å²) in [5.41, 5.74) is 3.40. The molecule has 1 aromatic carbocycles. The quantitative estimate of drug-likeness (QED) is 0.854. The summed E-state index contributed by atoms with van der Waals surface area (Å²) < 4.78 is 13.6. The van der Waals surface area contributed by atoms with Gasteiger partial charge in [0.25, 0.3) is 0 Å². The molecule has 0 amide bonds. The molecular weight excluding hydrogens is 261 g/mol. The van der Waals surface area contributed by atoms with Crippen LogP contribution in [0.2, 0.25) is 0 Å². The van der Waals surface area contributed by atoms with Crippen LogP contribution in [0.5, 0.6) is 0 Å². The van der Waals surface area contributed by atoms with Crippen LogP contribution in [0.3, 0.4) is 0 Å². The van der Waals surface area contributed by atoms with Crippen molar-refractivity contribution in [2.75, 3.05) is 0 Å². The Bertz CT molecular complexity index is 336. The second-order valence-electron chi connectivity index (χ2n) is 4.25. The highest BCUT2D eigenvalue weighted by molar-refractivity contribution is 9.10. The molecule has 0 fully saturated rings. The molecule has 1 N–H and O–H groups in total. The topological polar surface area (TPSA) is 21.3 Å². The summed E-state index contributed by atoms with van der Waals surface area (Å²) in [5, 5.41) is 0. The van der Waals surface area contributed by atoms with Crippen molar-refractivity contribution in [1.29, 1.82) is 0 Å². The Morgan fingerprint density at radius 1 is 1.40 bits per heavy atom. The van der Waals surface area contributed by atoms with Crippen LogP contribution >= 0.6 is 15.9 Å². The van der Waals surface area contributed by atoms with E-state index in [1.807, 2.05) is 26.8 Å². The van der Waals surface area contributed by atoms with E-state index in [-0.39, 0.29) is 11.4 Å². The summed E-state index contributed by atoms with van der Waals surface area (Å²) in [7, 11) is 0. The van der Waals surface area contributed by atoms with Gasteiger partial charge in [-0.1, -0.05) is 12.1 Å². The zero-order valence-corrected chi connectivity index (χ0v) is 10.7. The molecule has 1 aromatic rings. The molecule has 0 aliphatic rings. The third kappa shape index (κ3) is 4.28. The van der Waals surface area contributed by atoms with E-state index in [9.17, 15) is 4.39 Å². The summed E-state index contributed by atoms with van der Waals surface area (Å²) in [6.07, 6.45) is 0. The maximum absolute atomic E-state index is 13.1. The van der Waals surface area contributed by atoms with E-state index in [4.69, 9.17) is 4.84 Å². The summed E-state index contributed by atoms with van der Waals surface area (Å²) in [4.78, 5) is 5.33. The van der Waals surface area contributed by atoms with E-state index in [0.717, 1.165) is 5.56 Å². The standard InChI is InChI=1S/C11H15BrFNO/c1-11(2,3)15-14-7-8-5-4-6-9(13)10(8)12/h4-6,14H,7H2,1-3H3. The Labute approximate surface area is 97.9 Å². The number of hydrogen-bond donors (Lipinski definition) is 1. The molecule has 0 aliphatic carbocycles. The van der Waals surface area contributed by atoms with Gasteiger partial charge in [0.2, 0.25) is 0 Å². The number of benzene rings is 1. The van der Waals surface area contributed by atoms with Gasteiger partial charge in [0, 0.05) is 6.54 Å². The van der Waals surface area contributed by atoms with Gasteiger partial charge in [-0.2, -0.15) is 5.48 Å². The molecular formula is C11H15BrFNO. The molecule has 0 radical (unpaired) electrons. The molecule has 0 aromatic heterocycles. The van der Waals surface area contributed by atoms with Crippen molar-refractivity contribution in [1.82, 2.24) is 5.48 Å². The number of nitrogens with one attached hydrogen (secondary N) is 1. The lowest BCUT2D eigenvalue weighted by molar-refractivity contribution is -0.0758. The largest absolute Gasteiger partial charge is 0.296 e. The van der Waals surface area contributed by atoms with Gasteiger partial charge >= 0.3 is 0 Å². The lowest BCUT2D eigenvalue weighted by atomic mass is 10.2. The second-order valence-corrected chi connectivity index (χ2v) is 5.04. The Morgan fingerprint density at radius 3 is 2.67 bits per heavy atom. The first-order valence-electron chi connectivity index (χ1n) is 4.74. The van der Waals surface area contributed by atoms with Crippen molar-refractivity contribution < 1.29 is 9.23 Å². The normalized spacial score (nSPS) is 11.8. The van der Waals surface area contributed by atoms with Crippen LogP contribution in [-0.2, 0) is 11.4 Å². The van der Waals surface area contributed by atoms with E-state index in [1.54, 1.807) is 6.07 Å². The molecule has 0 saturated carbocycles. The molecule has 84 valence electrons. The van der Waals surface area contributed by atoms with Crippen LogP contribution in [0.25, 0.3) is 0 Å². The number of hydrogen-bond acceptors (Lipinski definition) is 2. The average molecular weight is 276 g/mol. The van der Waals surface area contributed by atoms with Gasteiger partial charge in [0.05, 0.1) is 10.1 Å². The van der Waals surface area contributed by atoms with Gasteiger partial charge in [-0.15, -0.1) is 0 Å². The van der Waals surface area contributed by atoms with Gasteiger partial charge in [0.1, 0.15) is 5.82 Å². The van der Waals surface area contributed by atoms with Crippen molar-refractivity contribution in [3.8, 4) is 0 Å². The maximum atomic E-state index is 13.1. The van der Waals surface area contributed by atoms with E-state index in [2.05, 4.69) is 21.4 Å². The molecule has 0 aliphatic heterocycles. The van der Waals surface area contributed by atoms with Crippen LogP contribution in [-0.4, -0.2) is 5.60 Å². The third-order valence-corrected chi connectivity index (χ3v) is 2.56. The first kappa shape index (κ1) is 12.6. The summed E-state index contributed by atoms with van der Waals surface area (Å²) >= 11 is 3.19. The molecule has 4 heteroatoms. The first-order chi connectivity index (χ1) is 6.90. The van der Waals surface area contributed by atoms with Crippen LogP contribution in [0.1, 0.15) is 26.3 Å². The zero-order valence-electron chi connectivity index (χ0n) is 9.10. The fourth-order valence-corrected chi connectivity index (χ4v) is 1.42. The van der Waals surface area contributed by atoms with Crippen LogP contribution in [0.4, 0.5) is 4.39 Å². The van der Waals surface area contributed by atoms with E-state index in [0.29, 0.717) is 11.0 Å². The highest BCUT2D eigenvalue weighted by Crippen LogP contribution is 2.20. The molecule has 0 unspecified atom stereocenters. The van der Waals surface area contributed by atoms with Crippen molar-refractivity contribution in [2.24, 2.45) is 0 Å². The van der Waals surface area contributed by atoms with E-state index < -0.39 is 0 Å². The Kier molecular flexibility index (Phi) is 4.25. The highest BCUT2D eigenvalue weighted by Gasteiger charge is 2.11. The van der Waals surface area contributed by atoms with E-state index in [1.165, 1.54) is 6.07 Å². The van der Waals surface area contributed by atoms with Gasteiger partial charge in [-0.05, 0) is 48.3 Å². The van der Waals surface area contributed by atoms with Gasteiger partial charge in [-0.3, -0.25) is 4.84 Å². The Hall–Kier alpha value is -0.450. The van der Waals surface area contributed by atoms with Crippen molar-refractivity contribution in [2.45, 2.75) is 32.9 Å². The second kappa shape index (κ2) is 5.05. The van der Waals surface area contributed by atoms with Crippen molar-refractivity contribution in [3.05, 3.63) is 34.1 Å². The molecule has 1 rings (SSSR count). The monoisotopic (exact) mass is 275 g/mol. The minimum absolute atomic E-state index is 0.250. The Balaban J connectivity index is 2.55. The van der Waals surface area contributed by atoms with E-state index >= 15 is 0 Å². The number of rotatable bonds is 3. The smallest absolute Gasteiger partial charge is 0.137 e. The summed E-state index contributed by atoms with van der Waals surface area (Å²) in [5.74, 6) is -0.259. The third-order valence-electron chi connectivity index (χ3n) is 1.67. The predicted molar refractivity (Wildman–Crippen MR) is 61.8 cm³/mol. The van der Waals surface area contributed by atoms with Crippen LogP contribution in [0.15, 0.2) is 22.7 Å². The summed E-state index contributed by atoms with van der Waals surface area (Å²) in [6, 6.07) is 4.93. The average Bonchev–Trinajstić information content (AvgIpc) is 2.10. The zero-order chi connectivity index (χ0) is 11.5. The number of halogens is 2. The lowest BCUT2D eigenvalue weighted by Gasteiger charge is -2.19. The minimum atomic E-state index is -0.259. The molecule has 2 nitrogen and oxygen atoms in total. The molecule has 0 heterocycles. The molecule has 15 heavy (non-hydrogen) atoms. The highest BCUT2D eigenvalue weighted by atomic mass is 79.9. The summed E-state index contributed by atoms with van der Waals surface area (Å²) in [6.45, 7) is 6.30. The van der Waals surface area contributed by atoms with Gasteiger partial charge < -0.3 is 0 Å². The minimum Gasteiger partial charge on any atom is -0.296 e. The van der Waals surface area contributed by atoms with Gasteiger partial charge in [0.15, 0.2) is 0 Å². The van der Waals surface area contributed by atoms with Crippen molar-refractivity contribution >= 4 is 15.9 Å². The predicted octanol–water partition coefficient (Wildman–Crippen LogP) is 3.41. The van der Waals surface area contributed by atoms with Crippen LogP contribution in [0, 0.1) is 5.82 Å². The van der Waals surface area contributed by atoms with Crippen molar-refractivity contribution in [3.63, 3.8) is 0 Å². The fraction of sp³-hybridized carbons (Fsp3) is 0.455. The fourth-order valence-electron chi connectivity index (χ4n) is 1.02. The molecule has 0 spiro atoms. The lowest BCUT2D eigenvalue weighted by Crippen LogP contribution is -2.28. The Morgan fingerprint density at radius 2 is 2.07 bits per heavy atom. The number of hydroxylamine groups is 1. The van der Waals surface area contributed by atoms with Gasteiger partial charge in [-0.25, -0.2) is 4.39 Å². The molecule has 0 atom stereocenters. The molecule has 0 saturated heterocycles. The first-order valence-corrected chi connectivity index (χ1v) is 5.53. The van der Waals surface area contributed by atoms with Crippen LogP contribution < -0.4 is 5.48 Å². The molecule has 0 bridgehead atoms.